The predicted molar refractivity (Wildman–Crippen MR) is 241 cm³/mol. The van der Waals surface area contributed by atoms with Gasteiger partial charge < -0.3 is 14.9 Å². The molecule has 2 aliphatic rings. The van der Waals surface area contributed by atoms with Gasteiger partial charge in [0.25, 0.3) is 0 Å². The molecule has 280 valence electrons. The van der Waals surface area contributed by atoms with E-state index in [1.807, 2.05) is 36.4 Å². The van der Waals surface area contributed by atoms with Crippen molar-refractivity contribution in [2.75, 3.05) is 7.05 Å². The number of para-hydroxylation sites is 1. The Morgan fingerprint density at radius 3 is 1.93 bits per heavy atom. The van der Waals surface area contributed by atoms with Crippen molar-refractivity contribution in [1.82, 2.24) is 9.47 Å². The fraction of sp³-hybridized carbons (Fsp3) is 0.109. The number of rotatable bonds is 9. The summed E-state index contributed by atoms with van der Waals surface area (Å²) in [5.74, 6) is 0.287. The lowest BCUT2D eigenvalue weighted by atomic mass is 9.64. The molecule has 1 aromatic heterocycles. The van der Waals surface area contributed by atoms with Crippen LogP contribution in [0.5, 0.6) is 0 Å². The smallest absolute Gasteiger partial charge is 0.0949 e. The van der Waals surface area contributed by atoms with Gasteiger partial charge in [0, 0.05) is 23.7 Å². The molecule has 0 bridgehead atoms. The third-order valence-corrected chi connectivity index (χ3v) is 12.4. The van der Waals surface area contributed by atoms with Crippen LogP contribution in [0.4, 0.5) is 0 Å². The molecule has 2 aliphatic carbocycles. The predicted octanol–water partition coefficient (Wildman–Crippen LogP) is 13.0. The third-order valence-electron chi connectivity index (χ3n) is 12.4. The summed E-state index contributed by atoms with van der Waals surface area (Å²) in [6, 6.07) is 69.8. The lowest BCUT2D eigenvalue weighted by molar-refractivity contribution is 0.389. The van der Waals surface area contributed by atoms with Crippen LogP contribution in [0, 0.1) is 5.41 Å². The van der Waals surface area contributed by atoms with Gasteiger partial charge in [0.15, 0.2) is 0 Å². The summed E-state index contributed by atoms with van der Waals surface area (Å²) in [7, 11) is 2.18. The number of fused-ring (bicyclic) bond motifs is 6. The molecular weight excluding hydrogens is 703 g/mol. The van der Waals surface area contributed by atoms with E-state index in [4.69, 9.17) is 0 Å². The Balaban J connectivity index is 1.20. The van der Waals surface area contributed by atoms with Gasteiger partial charge in [-0.05, 0) is 86.2 Å². The molecule has 0 fully saturated rings. The fourth-order valence-corrected chi connectivity index (χ4v) is 9.95. The van der Waals surface area contributed by atoms with Crippen LogP contribution in [0.1, 0.15) is 63.9 Å². The first-order chi connectivity index (χ1) is 28.5. The molecule has 0 amide bonds. The number of allylic oxidation sites excluding steroid dienone is 2. The number of hydrogen-bond donors (Lipinski definition) is 1. The van der Waals surface area contributed by atoms with Crippen LogP contribution in [0.2, 0.25) is 0 Å². The second-order valence-electron chi connectivity index (χ2n) is 15.8. The monoisotopic (exact) mass is 747 g/mol. The summed E-state index contributed by atoms with van der Waals surface area (Å²) < 4.78 is 2.57. The van der Waals surface area contributed by atoms with E-state index in [0.29, 0.717) is 12.4 Å². The molecule has 1 N–H and O–H groups in total. The van der Waals surface area contributed by atoms with Gasteiger partial charge in [0.2, 0.25) is 0 Å². The van der Waals surface area contributed by atoms with Crippen molar-refractivity contribution in [3.8, 4) is 11.1 Å². The first-order valence-electron chi connectivity index (χ1n) is 20.3. The van der Waals surface area contributed by atoms with Gasteiger partial charge >= 0.3 is 0 Å². The van der Waals surface area contributed by atoms with Crippen LogP contribution in [0.3, 0.4) is 0 Å². The molecule has 1 atom stereocenters. The van der Waals surface area contributed by atoms with Crippen molar-refractivity contribution in [1.29, 1.82) is 5.41 Å². The highest BCUT2D eigenvalue weighted by molar-refractivity contribution is 6.10. The molecular formula is C55H45N3. The highest BCUT2D eigenvalue weighted by atomic mass is 15.2. The Hall–Kier alpha value is -6.97. The number of aromatic nitrogens is 1. The minimum Gasteiger partial charge on any atom is -0.356 e. The first kappa shape index (κ1) is 35.4. The van der Waals surface area contributed by atoms with Gasteiger partial charge in [-0.15, -0.1) is 0 Å². The second kappa shape index (κ2) is 14.5. The van der Waals surface area contributed by atoms with Gasteiger partial charge in [-0.3, -0.25) is 0 Å². The van der Waals surface area contributed by atoms with E-state index in [0.717, 1.165) is 28.8 Å². The molecule has 0 saturated carbocycles. The number of hydrogen-bond acceptors (Lipinski definition) is 2. The standard InChI is InChI=1S/C55H45N3/c1-38-34-48-53(45-30-15-17-32-47(45)55(48,43-26-11-5-12-27-43)44-28-13-6-14-29-44)54-52(38)46-31-16-18-33-50(46)58(54)37-57(2)51(36-49(56)40-22-9-4-10-23-40)42-25-19-24-41(35-42)39-20-7-3-8-21-39/h3-33,35-36,38,56H,34,37H2,1-2H3/b51-36-,56-49?. The summed E-state index contributed by atoms with van der Waals surface area (Å²) in [6.07, 6.45) is 3.00. The molecule has 1 unspecified atom stereocenters. The van der Waals surface area contributed by atoms with E-state index in [1.54, 1.807) is 0 Å². The van der Waals surface area contributed by atoms with Crippen LogP contribution in [0.25, 0.3) is 33.3 Å². The molecule has 10 rings (SSSR count). The van der Waals surface area contributed by atoms with Crippen molar-refractivity contribution in [3.05, 3.63) is 250 Å². The average Bonchev–Trinajstić information content (AvgIpc) is 3.77. The molecule has 58 heavy (non-hydrogen) atoms. The van der Waals surface area contributed by atoms with Crippen molar-refractivity contribution in [2.24, 2.45) is 0 Å². The molecule has 7 aromatic carbocycles. The minimum atomic E-state index is -0.429. The zero-order valence-electron chi connectivity index (χ0n) is 32.9. The molecule has 1 heterocycles. The van der Waals surface area contributed by atoms with E-state index in [2.05, 4.69) is 187 Å². The molecule has 0 radical (unpaired) electrons. The summed E-state index contributed by atoms with van der Waals surface area (Å²) in [4.78, 5) is 2.34. The third kappa shape index (κ3) is 5.69. The first-order valence-corrected chi connectivity index (χ1v) is 20.3. The van der Waals surface area contributed by atoms with Gasteiger partial charge in [-0.1, -0.05) is 189 Å². The van der Waals surface area contributed by atoms with E-state index in [1.165, 1.54) is 61.1 Å². The van der Waals surface area contributed by atoms with Crippen LogP contribution in [-0.4, -0.2) is 22.2 Å². The largest absolute Gasteiger partial charge is 0.356 e. The van der Waals surface area contributed by atoms with Gasteiger partial charge in [-0.2, -0.15) is 0 Å². The topological polar surface area (TPSA) is 32.0 Å². The maximum absolute atomic E-state index is 9.35. The van der Waals surface area contributed by atoms with Crippen LogP contribution in [-0.2, 0) is 12.1 Å². The van der Waals surface area contributed by atoms with E-state index >= 15 is 0 Å². The zero-order valence-corrected chi connectivity index (χ0v) is 32.9. The summed E-state index contributed by atoms with van der Waals surface area (Å²) in [5.41, 5.74) is 17.4. The normalized spacial score (nSPS) is 15.5. The molecule has 0 aliphatic heterocycles. The van der Waals surface area contributed by atoms with Crippen molar-refractivity contribution >= 4 is 27.9 Å². The number of nitrogens with zero attached hydrogens (tertiary/aromatic N) is 2. The Morgan fingerprint density at radius 2 is 1.22 bits per heavy atom. The van der Waals surface area contributed by atoms with E-state index in [9.17, 15) is 5.41 Å². The SMILES string of the molecule is CC1CC2=C(c3ccccc3C2(c2ccccc2)c2ccccc2)c2c1c1ccccc1n2CN(C)/C(=C\C(=N)c1ccccc1)c1cccc(-c2ccccc2)c1. The van der Waals surface area contributed by atoms with Crippen LogP contribution in [0.15, 0.2) is 206 Å². The van der Waals surface area contributed by atoms with E-state index in [-0.39, 0.29) is 5.92 Å². The zero-order chi connectivity index (χ0) is 39.2. The van der Waals surface area contributed by atoms with Crippen LogP contribution >= 0.6 is 0 Å². The second-order valence-corrected chi connectivity index (χ2v) is 15.8. The summed E-state index contributed by atoms with van der Waals surface area (Å²) in [5, 5.41) is 10.7. The Morgan fingerprint density at radius 1 is 0.655 bits per heavy atom. The average molecular weight is 748 g/mol. The molecule has 3 nitrogen and oxygen atoms in total. The molecule has 8 aromatic rings. The Labute approximate surface area is 341 Å². The van der Waals surface area contributed by atoms with Crippen molar-refractivity contribution in [3.63, 3.8) is 0 Å². The summed E-state index contributed by atoms with van der Waals surface area (Å²) in [6.45, 7) is 3.02. The number of nitrogens with one attached hydrogen (secondary N) is 1. The van der Waals surface area contributed by atoms with Gasteiger partial charge in [0.1, 0.15) is 0 Å². The van der Waals surface area contributed by atoms with Crippen molar-refractivity contribution < 1.29 is 0 Å². The Bertz CT molecular complexity index is 2830. The molecule has 3 heteroatoms. The minimum absolute atomic E-state index is 0.287. The van der Waals surface area contributed by atoms with Crippen molar-refractivity contribution in [2.45, 2.75) is 31.3 Å². The van der Waals surface area contributed by atoms with Crippen LogP contribution < -0.4 is 0 Å². The Kier molecular flexibility index (Phi) is 8.87. The number of benzene rings is 7. The van der Waals surface area contributed by atoms with Gasteiger partial charge in [-0.25, -0.2) is 0 Å². The maximum atomic E-state index is 9.35. The lowest BCUT2D eigenvalue weighted by Gasteiger charge is -2.38. The fourth-order valence-electron chi connectivity index (χ4n) is 9.95. The molecule has 0 spiro atoms. The highest BCUT2D eigenvalue weighted by Gasteiger charge is 2.51. The van der Waals surface area contributed by atoms with Gasteiger partial charge in [0.05, 0.1) is 29.0 Å². The van der Waals surface area contributed by atoms with E-state index < -0.39 is 5.41 Å². The highest BCUT2D eigenvalue weighted by Crippen LogP contribution is 2.61. The lowest BCUT2D eigenvalue weighted by Crippen LogP contribution is -2.31. The quantitative estimate of drug-likeness (QED) is 0.147. The summed E-state index contributed by atoms with van der Waals surface area (Å²) >= 11 is 0. The maximum Gasteiger partial charge on any atom is 0.0949 e. The molecule has 0 saturated heterocycles.